The van der Waals surface area contributed by atoms with Crippen molar-refractivity contribution in [3.8, 4) is 11.4 Å². The van der Waals surface area contributed by atoms with Gasteiger partial charge in [-0.25, -0.2) is 14.1 Å². The first kappa shape index (κ1) is 13.3. The van der Waals surface area contributed by atoms with Crippen LogP contribution in [-0.2, 0) is 5.41 Å². The van der Waals surface area contributed by atoms with Crippen molar-refractivity contribution in [2.24, 2.45) is 4.99 Å². The molecule has 1 aromatic carbocycles. The molecule has 1 saturated carbocycles. The molecule has 4 rings (SSSR count). The molecule has 1 aromatic heterocycles. The fraction of sp³-hybridized carbons (Fsp3) is 0.375. The topological polar surface area (TPSA) is 51.4 Å². The van der Waals surface area contributed by atoms with E-state index >= 15 is 4.39 Å². The summed E-state index contributed by atoms with van der Waals surface area (Å²) in [5.41, 5.74) is 1.48. The highest BCUT2D eigenvalue weighted by Crippen LogP contribution is 2.54. The Morgan fingerprint density at radius 3 is 2.77 bits per heavy atom. The highest BCUT2D eigenvalue weighted by Gasteiger charge is 2.49. The van der Waals surface area contributed by atoms with Crippen molar-refractivity contribution in [2.75, 3.05) is 14.2 Å². The lowest BCUT2D eigenvalue weighted by atomic mass is 9.64. The van der Waals surface area contributed by atoms with E-state index in [0.29, 0.717) is 17.1 Å². The number of hydrogen-bond acceptors (Lipinski definition) is 4. The molecule has 5 nitrogen and oxygen atoms in total. The number of nitrogens with one attached hydrogen (secondary N) is 1. The predicted octanol–water partition coefficient (Wildman–Crippen LogP) is 2.70. The number of likely N-dealkylation sites (N-methyl/N-ethyl adjacent to an activating group) is 1. The number of nitrogens with zero attached hydrogens (tertiary/aromatic N) is 3. The summed E-state index contributed by atoms with van der Waals surface area (Å²) in [6.45, 7) is 0. The van der Waals surface area contributed by atoms with E-state index in [1.807, 2.05) is 13.1 Å². The monoisotopic (exact) mass is 300 g/mol. The highest BCUT2D eigenvalue weighted by atomic mass is 19.1. The molecule has 1 aliphatic heterocycles. The quantitative estimate of drug-likeness (QED) is 0.928. The van der Waals surface area contributed by atoms with Crippen LogP contribution in [0, 0.1) is 5.82 Å². The molecular weight excluding hydrogens is 283 g/mol. The molecule has 0 unspecified atom stereocenters. The second kappa shape index (κ2) is 4.56. The van der Waals surface area contributed by atoms with E-state index in [2.05, 4.69) is 15.4 Å². The van der Waals surface area contributed by atoms with Gasteiger partial charge in [0.1, 0.15) is 23.0 Å². The van der Waals surface area contributed by atoms with Gasteiger partial charge >= 0.3 is 0 Å². The molecular formula is C16H17FN4O. The summed E-state index contributed by atoms with van der Waals surface area (Å²) in [6, 6.07) is 3.67. The number of rotatable bonds is 2. The summed E-state index contributed by atoms with van der Waals surface area (Å²) < 4.78 is 22.0. The normalized spacial score (nSPS) is 17.9. The molecule has 0 saturated heterocycles. The molecule has 1 spiro atoms. The van der Waals surface area contributed by atoms with Crippen molar-refractivity contribution >= 4 is 11.5 Å². The van der Waals surface area contributed by atoms with Gasteiger partial charge in [0.2, 0.25) is 0 Å². The summed E-state index contributed by atoms with van der Waals surface area (Å²) in [5.74, 6) is 0.959. The van der Waals surface area contributed by atoms with Crippen LogP contribution in [0.3, 0.4) is 0 Å². The van der Waals surface area contributed by atoms with Gasteiger partial charge in [-0.2, -0.15) is 5.10 Å². The summed E-state index contributed by atoms with van der Waals surface area (Å²) in [4.78, 5) is 4.52. The van der Waals surface area contributed by atoms with Gasteiger partial charge < -0.3 is 10.1 Å². The Morgan fingerprint density at radius 2 is 2.23 bits per heavy atom. The van der Waals surface area contributed by atoms with Gasteiger partial charge in [-0.1, -0.05) is 6.42 Å². The summed E-state index contributed by atoms with van der Waals surface area (Å²) in [5, 5.41) is 7.27. The Labute approximate surface area is 127 Å². The first-order valence-electron chi connectivity index (χ1n) is 7.39. The average molecular weight is 300 g/mol. The Kier molecular flexibility index (Phi) is 2.76. The van der Waals surface area contributed by atoms with Gasteiger partial charge in [-0.15, -0.1) is 0 Å². The fourth-order valence-corrected chi connectivity index (χ4v) is 3.53. The van der Waals surface area contributed by atoms with Crippen molar-refractivity contribution in [1.82, 2.24) is 15.1 Å². The maximum absolute atomic E-state index is 15.1. The van der Waals surface area contributed by atoms with Crippen LogP contribution in [0.5, 0.6) is 5.75 Å². The van der Waals surface area contributed by atoms with Crippen molar-refractivity contribution in [3.05, 3.63) is 35.9 Å². The van der Waals surface area contributed by atoms with Gasteiger partial charge in [0.25, 0.3) is 0 Å². The molecule has 114 valence electrons. The van der Waals surface area contributed by atoms with E-state index in [1.54, 1.807) is 25.6 Å². The van der Waals surface area contributed by atoms with Crippen LogP contribution in [0.1, 0.15) is 24.8 Å². The zero-order valence-corrected chi connectivity index (χ0v) is 12.6. The van der Waals surface area contributed by atoms with Crippen LogP contribution in [0.25, 0.3) is 5.69 Å². The van der Waals surface area contributed by atoms with Crippen LogP contribution < -0.4 is 10.1 Å². The minimum absolute atomic E-state index is 0.166. The fourth-order valence-electron chi connectivity index (χ4n) is 3.53. The molecule has 1 aliphatic carbocycles. The van der Waals surface area contributed by atoms with Crippen molar-refractivity contribution in [2.45, 2.75) is 24.7 Å². The Balaban J connectivity index is 1.98. The summed E-state index contributed by atoms with van der Waals surface area (Å²) >= 11 is 0. The minimum atomic E-state index is -0.380. The SMILES string of the molecule is CNC1=Nc2c(cc(OC)c(-n3cccn3)c2F)C12CCC2. The molecule has 2 aromatic rings. The molecule has 22 heavy (non-hydrogen) atoms. The molecule has 0 radical (unpaired) electrons. The lowest BCUT2D eigenvalue weighted by Gasteiger charge is -2.40. The smallest absolute Gasteiger partial charge is 0.178 e. The first-order valence-corrected chi connectivity index (χ1v) is 7.39. The third-order valence-corrected chi connectivity index (χ3v) is 4.77. The molecule has 2 aliphatic rings. The lowest BCUT2D eigenvalue weighted by Crippen LogP contribution is -2.45. The number of amidine groups is 1. The maximum atomic E-state index is 15.1. The van der Waals surface area contributed by atoms with Gasteiger partial charge in [0, 0.05) is 19.4 Å². The van der Waals surface area contributed by atoms with E-state index in [0.717, 1.165) is 30.7 Å². The second-order valence-corrected chi connectivity index (χ2v) is 5.73. The summed E-state index contributed by atoms with van der Waals surface area (Å²) in [7, 11) is 3.39. The molecule has 0 atom stereocenters. The Bertz CT molecular complexity index is 763. The van der Waals surface area contributed by atoms with Gasteiger partial charge in [-0.05, 0) is 30.5 Å². The number of aromatic nitrogens is 2. The van der Waals surface area contributed by atoms with E-state index in [-0.39, 0.29) is 11.2 Å². The number of fused-ring (bicyclic) bond motifs is 2. The lowest BCUT2D eigenvalue weighted by molar-refractivity contribution is 0.337. The molecule has 2 heterocycles. The molecule has 0 amide bonds. The van der Waals surface area contributed by atoms with E-state index < -0.39 is 0 Å². The number of aliphatic imine (C=N–C) groups is 1. The molecule has 6 heteroatoms. The van der Waals surface area contributed by atoms with Crippen molar-refractivity contribution in [1.29, 1.82) is 0 Å². The minimum Gasteiger partial charge on any atom is -0.494 e. The van der Waals surface area contributed by atoms with Gasteiger partial charge in [-0.3, -0.25) is 0 Å². The van der Waals surface area contributed by atoms with E-state index in [1.165, 1.54) is 4.68 Å². The zero-order chi connectivity index (χ0) is 15.3. The van der Waals surface area contributed by atoms with Crippen molar-refractivity contribution < 1.29 is 9.13 Å². The van der Waals surface area contributed by atoms with Crippen LogP contribution in [-0.4, -0.2) is 29.8 Å². The average Bonchev–Trinajstić information content (AvgIpc) is 3.10. The standard InChI is InChI=1S/C16H17FN4O/c1-18-15-16(5-3-6-16)10-9-11(22-2)14(12(17)13(10)20-15)21-8-4-7-19-21/h4,7-9H,3,5-6H2,1-2H3,(H,18,20). The predicted molar refractivity (Wildman–Crippen MR) is 81.8 cm³/mol. The maximum Gasteiger partial charge on any atom is 0.178 e. The molecule has 1 N–H and O–H groups in total. The number of halogens is 1. The molecule has 1 fully saturated rings. The summed E-state index contributed by atoms with van der Waals surface area (Å²) in [6.07, 6.45) is 6.42. The van der Waals surface area contributed by atoms with Crippen molar-refractivity contribution in [3.63, 3.8) is 0 Å². The number of hydrogen-bond donors (Lipinski definition) is 1. The van der Waals surface area contributed by atoms with Gasteiger partial charge in [0.05, 0.1) is 12.5 Å². The first-order chi connectivity index (χ1) is 10.7. The van der Waals surface area contributed by atoms with Crippen LogP contribution >= 0.6 is 0 Å². The number of ether oxygens (including phenoxy) is 1. The van der Waals surface area contributed by atoms with E-state index in [4.69, 9.17) is 4.74 Å². The third kappa shape index (κ3) is 1.52. The van der Waals surface area contributed by atoms with Crippen LogP contribution in [0.2, 0.25) is 0 Å². The molecule has 0 bridgehead atoms. The number of methoxy groups -OCH3 is 1. The van der Waals surface area contributed by atoms with E-state index in [9.17, 15) is 0 Å². The van der Waals surface area contributed by atoms with Crippen LogP contribution in [0.15, 0.2) is 29.5 Å². The second-order valence-electron chi connectivity index (χ2n) is 5.73. The van der Waals surface area contributed by atoms with Gasteiger partial charge in [0.15, 0.2) is 5.82 Å². The third-order valence-electron chi connectivity index (χ3n) is 4.77. The Hall–Kier alpha value is -2.37. The van der Waals surface area contributed by atoms with Crippen LogP contribution in [0.4, 0.5) is 10.1 Å². The zero-order valence-electron chi connectivity index (χ0n) is 12.6. The highest BCUT2D eigenvalue weighted by molar-refractivity contribution is 6.01. The largest absolute Gasteiger partial charge is 0.494 e. The Morgan fingerprint density at radius 1 is 1.41 bits per heavy atom. The number of benzene rings is 1.